The topological polar surface area (TPSA) is 67.5 Å². The van der Waals surface area contributed by atoms with Crippen LogP contribution in [0, 0.1) is 0 Å². The van der Waals surface area contributed by atoms with E-state index >= 15 is 0 Å². The van der Waals surface area contributed by atoms with E-state index in [2.05, 4.69) is 10.1 Å². The minimum Gasteiger partial charge on any atom is -0.477 e. The molecule has 0 amide bonds. The Bertz CT molecular complexity index is 904. The van der Waals surface area contributed by atoms with Gasteiger partial charge in [-0.15, -0.1) is 0 Å². The van der Waals surface area contributed by atoms with Gasteiger partial charge in [0.1, 0.15) is 5.56 Å². The second-order valence-electron chi connectivity index (χ2n) is 4.63. The summed E-state index contributed by atoms with van der Waals surface area (Å²) < 4.78 is 40.2. The Kier molecular flexibility index (Phi) is 3.48. The monoisotopic (exact) mass is 341 g/mol. The second-order valence-corrected chi connectivity index (χ2v) is 5.07. The standard InChI is InChI=1S/C14H7ClF3N3O2/c15-8-3-1-7(2-4-8)10-5-11(14(16,17)18)21-12(20-10)9(6-19-21)13(22)23/h1-6H,(H,22,23). The van der Waals surface area contributed by atoms with Crippen molar-refractivity contribution in [2.45, 2.75) is 6.18 Å². The molecule has 0 radical (unpaired) electrons. The molecule has 1 aromatic carbocycles. The molecule has 3 aromatic rings. The van der Waals surface area contributed by atoms with Crippen LogP contribution in [0.3, 0.4) is 0 Å². The number of hydrogen-bond acceptors (Lipinski definition) is 3. The van der Waals surface area contributed by atoms with Crippen LogP contribution >= 0.6 is 11.6 Å². The molecule has 1 N–H and O–H groups in total. The van der Waals surface area contributed by atoms with Crippen molar-refractivity contribution in [2.75, 3.05) is 0 Å². The van der Waals surface area contributed by atoms with Gasteiger partial charge in [-0.3, -0.25) is 0 Å². The van der Waals surface area contributed by atoms with E-state index < -0.39 is 23.4 Å². The van der Waals surface area contributed by atoms with Gasteiger partial charge in [-0.2, -0.15) is 18.3 Å². The van der Waals surface area contributed by atoms with E-state index in [1.807, 2.05) is 0 Å². The fourth-order valence-corrected chi connectivity index (χ4v) is 2.21. The van der Waals surface area contributed by atoms with Crippen molar-refractivity contribution in [1.82, 2.24) is 14.6 Å². The summed E-state index contributed by atoms with van der Waals surface area (Å²) in [6, 6.07) is 6.82. The van der Waals surface area contributed by atoms with E-state index in [-0.39, 0.29) is 11.3 Å². The van der Waals surface area contributed by atoms with Gasteiger partial charge in [0.15, 0.2) is 11.3 Å². The smallest absolute Gasteiger partial charge is 0.433 e. The first kappa shape index (κ1) is 15.3. The normalized spacial score (nSPS) is 11.8. The average molecular weight is 342 g/mol. The fraction of sp³-hybridized carbons (Fsp3) is 0.0714. The summed E-state index contributed by atoms with van der Waals surface area (Å²) in [6.45, 7) is 0. The Morgan fingerprint density at radius 3 is 2.43 bits per heavy atom. The van der Waals surface area contributed by atoms with Crippen LogP contribution in [0.25, 0.3) is 16.9 Å². The fourth-order valence-electron chi connectivity index (χ4n) is 2.08. The minimum atomic E-state index is -4.72. The van der Waals surface area contributed by atoms with Crippen molar-refractivity contribution in [3.8, 4) is 11.3 Å². The molecule has 0 saturated carbocycles. The third-order valence-electron chi connectivity index (χ3n) is 3.13. The Labute approximate surface area is 131 Å². The highest BCUT2D eigenvalue weighted by Crippen LogP contribution is 2.32. The van der Waals surface area contributed by atoms with Crippen molar-refractivity contribution in [3.63, 3.8) is 0 Å². The highest BCUT2D eigenvalue weighted by atomic mass is 35.5. The van der Waals surface area contributed by atoms with Gasteiger partial charge in [-0.05, 0) is 18.2 Å². The summed E-state index contributed by atoms with van der Waals surface area (Å²) in [4.78, 5) is 15.1. The number of aromatic nitrogens is 3. The van der Waals surface area contributed by atoms with Crippen LogP contribution in [-0.4, -0.2) is 25.7 Å². The Balaban J connectivity index is 2.33. The molecule has 0 aliphatic rings. The molecule has 3 rings (SSSR count). The number of benzene rings is 1. The number of alkyl halides is 3. The molecule has 23 heavy (non-hydrogen) atoms. The zero-order chi connectivity index (χ0) is 16.8. The zero-order valence-electron chi connectivity index (χ0n) is 11.2. The average Bonchev–Trinajstić information content (AvgIpc) is 2.89. The molecule has 118 valence electrons. The van der Waals surface area contributed by atoms with E-state index in [0.29, 0.717) is 15.1 Å². The van der Waals surface area contributed by atoms with E-state index in [9.17, 15) is 18.0 Å². The van der Waals surface area contributed by atoms with Crippen LogP contribution in [0.1, 0.15) is 16.1 Å². The van der Waals surface area contributed by atoms with Crippen LogP contribution in [0.5, 0.6) is 0 Å². The van der Waals surface area contributed by atoms with Crippen LogP contribution < -0.4 is 0 Å². The Morgan fingerprint density at radius 2 is 1.87 bits per heavy atom. The summed E-state index contributed by atoms with van der Waals surface area (Å²) >= 11 is 5.76. The van der Waals surface area contributed by atoms with Gasteiger partial charge in [-0.25, -0.2) is 14.3 Å². The molecule has 2 heterocycles. The van der Waals surface area contributed by atoms with Crippen LogP contribution in [0.2, 0.25) is 5.02 Å². The Hall–Kier alpha value is -2.61. The number of carboxylic acid groups (broad SMARTS) is 1. The summed E-state index contributed by atoms with van der Waals surface area (Å²) in [5, 5.41) is 13.0. The lowest BCUT2D eigenvalue weighted by atomic mass is 10.1. The molecule has 0 aliphatic heterocycles. The SMILES string of the molecule is O=C(O)c1cnn2c(C(F)(F)F)cc(-c3ccc(Cl)cc3)nc12. The number of carbonyl (C=O) groups is 1. The maximum absolute atomic E-state index is 13.2. The molecule has 9 heteroatoms. The number of nitrogens with zero attached hydrogens (tertiary/aromatic N) is 3. The van der Waals surface area contributed by atoms with E-state index in [1.165, 1.54) is 24.3 Å². The third-order valence-corrected chi connectivity index (χ3v) is 3.38. The number of aromatic carboxylic acids is 1. The molecule has 2 aromatic heterocycles. The van der Waals surface area contributed by atoms with E-state index in [0.717, 1.165) is 12.3 Å². The van der Waals surface area contributed by atoms with Crippen LogP contribution in [0.4, 0.5) is 13.2 Å². The van der Waals surface area contributed by atoms with Crippen molar-refractivity contribution in [1.29, 1.82) is 0 Å². The molecule has 0 fully saturated rings. The lowest BCUT2D eigenvalue weighted by molar-refractivity contribution is -0.142. The summed E-state index contributed by atoms with van der Waals surface area (Å²) in [6.07, 6.45) is -3.88. The summed E-state index contributed by atoms with van der Waals surface area (Å²) in [5.74, 6) is -1.41. The van der Waals surface area contributed by atoms with Gasteiger partial charge in [0.05, 0.1) is 11.9 Å². The molecule has 0 aliphatic carbocycles. The highest BCUT2D eigenvalue weighted by molar-refractivity contribution is 6.30. The molecule has 0 bridgehead atoms. The lowest BCUT2D eigenvalue weighted by Gasteiger charge is -2.11. The van der Waals surface area contributed by atoms with Crippen molar-refractivity contribution in [3.05, 3.63) is 52.8 Å². The first-order chi connectivity index (χ1) is 10.8. The minimum absolute atomic E-state index is 0.0236. The van der Waals surface area contributed by atoms with Gasteiger partial charge >= 0.3 is 12.1 Å². The van der Waals surface area contributed by atoms with Crippen LogP contribution in [-0.2, 0) is 6.18 Å². The maximum atomic E-state index is 13.2. The first-order valence-corrected chi connectivity index (χ1v) is 6.60. The summed E-state index contributed by atoms with van der Waals surface area (Å²) in [7, 11) is 0. The van der Waals surface area contributed by atoms with Crippen LogP contribution in [0.15, 0.2) is 36.5 Å². The van der Waals surface area contributed by atoms with Gasteiger partial charge in [-0.1, -0.05) is 23.7 Å². The van der Waals surface area contributed by atoms with Crippen molar-refractivity contribution < 1.29 is 23.1 Å². The molecule has 5 nitrogen and oxygen atoms in total. The molecule has 0 atom stereocenters. The number of fused-ring (bicyclic) bond motifs is 1. The van der Waals surface area contributed by atoms with Crippen molar-refractivity contribution in [2.24, 2.45) is 0 Å². The molecular formula is C14H7ClF3N3O2. The lowest BCUT2D eigenvalue weighted by Crippen LogP contribution is -2.14. The molecule has 0 spiro atoms. The molecular weight excluding hydrogens is 335 g/mol. The second kappa shape index (κ2) is 5.24. The predicted octanol–water partition coefficient (Wildman–Crippen LogP) is 3.77. The van der Waals surface area contributed by atoms with Gasteiger partial charge < -0.3 is 5.11 Å². The number of hydrogen-bond donors (Lipinski definition) is 1. The number of halogens is 4. The van der Waals surface area contributed by atoms with E-state index in [1.54, 1.807) is 0 Å². The molecule has 0 saturated heterocycles. The highest BCUT2D eigenvalue weighted by Gasteiger charge is 2.36. The number of rotatable bonds is 2. The maximum Gasteiger partial charge on any atom is 0.433 e. The van der Waals surface area contributed by atoms with E-state index in [4.69, 9.17) is 16.7 Å². The van der Waals surface area contributed by atoms with Gasteiger partial charge in [0.2, 0.25) is 0 Å². The van der Waals surface area contributed by atoms with Gasteiger partial charge in [0, 0.05) is 10.6 Å². The third kappa shape index (κ3) is 2.72. The molecule has 0 unspecified atom stereocenters. The first-order valence-electron chi connectivity index (χ1n) is 6.22. The van der Waals surface area contributed by atoms with Gasteiger partial charge in [0.25, 0.3) is 0 Å². The zero-order valence-corrected chi connectivity index (χ0v) is 11.9. The summed E-state index contributed by atoms with van der Waals surface area (Å²) in [5.41, 5.74) is -1.55. The van der Waals surface area contributed by atoms with Crippen molar-refractivity contribution >= 4 is 23.2 Å². The quantitative estimate of drug-likeness (QED) is 0.770. The Morgan fingerprint density at radius 1 is 1.22 bits per heavy atom. The largest absolute Gasteiger partial charge is 0.477 e. The number of carboxylic acids is 1. The predicted molar refractivity (Wildman–Crippen MR) is 75.4 cm³/mol.